The molecular formula is C23H27N5O3S. The molecule has 0 saturated carbocycles. The van der Waals surface area contributed by atoms with Crippen molar-refractivity contribution in [2.24, 2.45) is 0 Å². The van der Waals surface area contributed by atoms with Crippen LogP contribution in [0.5, 0.6) is 0 Å². The maximum Gasteiger partial charge on any atom is 0.244 e. The van der Waals surface area contributed by atoms with Crippen LogP contribution in [0.2, 0.25) is 0 Å². The lowest BCUT2D eigenvalue weighted by molar-refractivity contribution is -0.138. The first kappa shape index (κ1) is 22.2. The van der Waals surface area contributed by atoms with Crippen LogP contribution in [-0.4, -0.2) is 70.5 Å². The highest BCUT2D eigenvalue weighted by atomic mass is 32.2. The summed E-state index contributed by atoms with van der Waals surface area (Å²) in [6.07, 6.45) is 3.12. The number of carbonyl (C=O) groups excluding carboxylic acids is 1. The Balaban J connectivity index is 1.56. The van der Waals surface area contributed by atoms with Crippen molar-refractivity contribution in [3.8, 4) is 5.69 Å². The van der Waals surface area contributed by atoms with Gasteiger partial charge < -0.3 is 4.90 Å². The molecule has 32 heavy (non-hydrogen) atoms. The van der Waals surface area contributed by atoms with Gasteiger partial charge in [0.2, 0.25) is 5.91 Å². The zero-order chi connectivity index (χ0) is 22.7. The lowest BCUT2D eigenvalue weighted by Gasteiger charge is -2.37. The van der Waals surface area contributed by atoms with Gasteiger partial charge in [-0.1, -0.05) is 42.5 Å². The van der Waals surface area contributed by atoms with E-state index in [1.807, 2.05) is 66.4 Å². The number of hydrogen-bond donors (Lipinski definition) is 0. The van der Waals surface area contributed by atoms with Crippen LogP contribution in [0.15, 0.2) is 67.3 Å². The molecule has 1 saturated heterocycles. The third-order valence-electron chi connectivity index (χ3n) is 6.08. The van der Waals surface area contributed by atoms with E-state index in [0.717, 1.165) is 16.8 Å². The summed E-state index contributed by atoms with van der Waals surface area (Å²) in [5, 5.41) is 4.14. The average molecular weight is 454 g/mol. The molecule has 1 fully saturated rings. The molecule has 3 aromatic rings. The number of sulfone groups is 1. The summed E-state index contributed by atoms with van der Waals surface area (Å²) in [5.74, 6) is 0.0996. The van der Waals surface area contributed by atoms with E-state index in [0.29, 0.717) is 13.1 Å². The molecule has 9 heteroatoms. The van der Waals surface area contributed by atoms with Crippen LogP contribution >= 0.6 is 0 Å². The van der Waals surface area contributed by atoms with Gasteiger partial charge in [0, 0.05) is 20.1 Å². The Kier molecular flexibility index (Phi) is 6.38. The van der Waals surface area contributed by atoms with E-state index in [1.165, 1.54) is 6.33 Å². The molecule has 1 aliphatic heterocycles. The minimum absolute atomic E-state index is 0.0525. The summed E-state index contributed by atoms with van der Waals surface area (Å²) >= 11 is 0. The van der Waals surface area contributed by atoms with E-state index in [2.05, 4.69) is 10.1 Å². The van der Waals surface area contributed by atoms with Crippen molar-refractivity contribution < 1.29 is 13.2 Å². The molecule has 1 aromatic heterocycles. The molecule has 0 aliphatic carbocycles. The largest absolute Gasteiger partial charge is 0.337 e. The summed E-state index contributed by atoms with van der Waals surface area (Å²) in [4.78, 5) is 21.4. The molecule has 2 atom stereocenters. The van der Waals surface area contributed by atoms with Crippen molar-refractivity contribution in [1.82, 2.24) is 24.6 Å². The van der Waals surface area contributed by atoms with Crippen LogP contribution in [-0.2, 0) is 14.6 Å². The minimum Gasteiger partial charge on any atom is -0.337 e. The van der Waals surface area contributed by atoms with Crippen LogP contribution in [0.1, 0.15) is 30.1 Å². The van der Waals surface area contributed by atoms with Crippen LogP contribution < -0.4 is 0 Å². The van der Waals surface area contributed by atoms with Gasteiger partial charge in [0.05, 0.1) is 23.2 Å². The van der Waals surface area contributed by atoms with Gasteiger partial charge in [-0.15, -0.1) is 0 Å². The van der Waals surface area contributed by atoms with E-state index < -0.39 is 15.9 Å². The number of amides is 1. The molecule has 168 valence electrons. The topological polar surface area (TPSA) is 88.4 Å². The third-order valence-corrected chi connectivity index (χ3v) is 7.69. The van der Waals surface area contributed by atoms with E-state index >= 15 is 0 Å². The van der Waals surface area contributed by atoms with Gasteiger partial charge in [-0.25, -0.2) is 18.1 Å². The third kappa shape index (κ3) is 4.73. The maximum atomic E-state index is 13.7. The van der Waals surface area contributed by atoms with E-state index in [-0.39, 0.29) is 23.5 Å². The van der Waals surface area contributed by atoms with Gasteiger partial charge >= 0.3 is 0 Å². The number of rotatable bonds is 6. The highest BCUT2D eigenvalue weighted by Gasteiger charge is 2.35. The first-order valence-corrected chi connectivity index (χ1v) is 12.4. The number of nitrogens with zero attached hydrogens (tertiary/aromatic N) is 5. The zero-order valence-electron chi connectivity index (χ0n) is 18.2. The fourth-order valence-electron chi connectivity index (χ4n) is 3.98. The van der Waals surface area contributed by atoms with E-state index in [4.69, 9.17) is 0 Å². The van der Waals surface area contributed by atoms with E-state index in [9.17, 15) is 13.2 Å². The van der Waals surface area contributed by atoms with Crippen LogP contribution in [0, 0.1) is 0 Å². The highest BCUT2D eigenvalue weighted by molar-refractivity contribution is 7.91. The van der Waals surface area contributed by atoms with Crippen molar-refractivity contribution in [2.45, 2.75) is 19.0 Å². The van der Waals surface area contributed by atoms with Crippen LogP contribution in [0.4, 0.5) is 0 Å². The monoisotopic (exact) mass is 453 g/mol. The number of benzene rings is 2. The van der Waals surface area contributed by atoms with Gasteiger partial charge in [-0.2, -0.15) is 5.10 Å². The second kappa shape index (κ2) is 9.22. The van der Waals surface area contributed by atoms with Crippen molar-refractivity contribution >= 4 is 15.7 Å². The minimum atomic E-state index is -3.04. The molecule has 8 nitrogen and oxygen atoms in total. The average Bonchev–Trinajstić information content (AvgIpc) is 3.35. The Morgan fingerprint density at radius 1 is 1.00 bits per heavy atom. The lowest BCUT2D eigenvalue weighted by Crippen LogP contribution is -2.48. The van der Waals surface area contributed by atoms with Gasteiger partial charge in [-0.3, -0.25) is 9.69 Å². The number of hydrogen-bond acceptors (Lipinski definition) is 6. The summed E-state index contributed by atoms with van der Waals surface area (Å²) < 4.78 is 25.5. The second-order valence-electron chi connectivity index (χ2n) is 8.06. The lowest BCUT2D eigenvalue weighted by atomic mass is 10.0. The van der Waals surface area contributed by atoms with Gasteiger partial charge in [-0.05, 0) is 30.2 Å². The fraction of sp³-hybridized carbons (Fsp3) is 0.348. The van der Waals surface area contributed by atoms with Crippen LogP contribution in [0.25, 0.3) is 5.69 Å². The van der Waals surface area contributed by atoms with Crippen molar-refractivity contribution in [2.75, 3.05) is 31.6 Å². The normalized spacial score (nSPS) is 18.1. The highest BCUT2D eigenvalue weighted by Crippen LogP contribution is 2.29. The summed E-state index contributed by atoms with van der Waals surface area (Å²) in [6.45, 7) is 2.69. The summed E-state index contributed by atoms with van der Waals surface area (Å²) in [5.41, 5.74) is 2.76. The number of likely N-dealkylation sites (N-methyl/N-ethyl adjacent to an activating group) is 1. The van der Waals surface area contributed by atoms with Gasteiger partial charge in [0.25, 0.3) is 0 Å². The molecule has 2 heterocycles. The Morgan fingerprint density at radius 3 is 2.25 bits per heavy atom. The van der Waals surface area contributed by atoms with E-state index in [1.54, 1.807) is 23.0 Å². The Labute approximate surface area is 188 Å². The zero-order valence-corrected chi connectivity index (χ0v) is 19.0. The second-order valence-corrected chi connectivity index (χ2v) is 10.4. The molecule has 0 spiro atoms. The quantitative estimate of drug-likeness (QED) is 0.569. The SMILES string of the molecule is CC(c1ccc(-n2cncn2)cc1)N(C)C(=O)C(c1ccccc1)N1CCS(=O)(=O)CC1. The molecule has 0 N–H and O–H groups in total. The smallest absolute Gasteiger partial charge is 0.244 e. The standard InChI is InChI=1S/C23H27N5O3S/c1-18(19-8-10-21(11-9-19)28-17-24-16-25-28)26(2)23(29)22(20-6-4-3-5-7-20)27-12-14-32(30,31)15-13-27/h3-11,16-18,22H,12-15H2,1-2H3. The van der Waals surface area contributed by atoms with Crippen molar-refractivity contribution in [3.63, 3.8) is 0 Å². The Morgan fingerprint density at radius 2 is 1.66 bits per heavy atom. The number of aromatic nitrogens is 3. The maximum absolute atomic E-state index is 13.7. The summed E-state index contributed by atoms with van der Waals surface area (Å²) in [6, 6.07) is 16.8. The van der Waals surface area contributed by atoms with Gasteiger partial charge in [0.1, 0.15) is 18.7 Å². The predicted octanol–water partition coefficient (Wildman–Crippen LogP) is 2.26. The predicted molar refractivity (Wildman–Crippen MR) is 122 cm³/mol. The van der Waals surface area contributed by atoms with Gasteiger partial charge in [0.15, 0.2) is 9.84 Å². The molecule has 2 aromatic carbocycles. The van der Waals surface area contributed by atoms with Crippen molar-refractivity contribution in [3.05, 3.63) is 78.4 Å². The molecule has 2 unspecified atom stereocenters. The van der Waals surface area contributed by atoms with Crippen molar-refractivity contribution in [1.29, 1.82) is 0 Å². The molecule has 4 rings (SSSR count). The molecule has 0 radical (unpaired) electrons. The Hall–Kier alpha value is -3.04. The molecule has 0 bridgehead atoms. The molecule has 1 amide bonds. The summed E-state index contributed by atoms with van der Waals surface area (Å²) in [7, 11) is -1.24. The Bertz CT molecular complexity index is 1130. The first-order chi connectivity index (χ1) is 15.4. The molecular weight excluding hydrogens is 426 g/mol. The number of carbonyl (C=O) groups is 1. The van der Waals surface area contributed by atoms with Crippen LogP contribution in [0.3, 0.4) is 0 Å². The first-order valence-electron chi connectivity index (χ1n) is 10.6. The fourth-order valence-corrected chi connectivity index (χ4v) is 5.21. The molecule has 1 aliphatic rings.